The van der Waals surface area contributed by atoms with Gasteiger partial charge in [0.1, 0.15) is 11.6 Å². The Morgan fingerprint density at radius 3 is 2.38 bits per heavy atom. The van der Waals surface area contributed by atoms with Gasteiger partial charge in [0.05, 0.1) is 10.9 Å². The molecular formula is C33H47NO4S. The van der Waals surface area contributed by atoms with Crippen molar-refractivity contribution >= 4 is 34.6 Å². The second kappa shape index (κ2) is 10.5. The van der Waals surface area contributed by atoms with Crippen LogP contribution < -0.4 is 5.32 Å². The number of hydrogen-bond donors (Lipinski definition) is 1. The molecule has 4 saturated carbocycles. The van der Waals surface area contributed by atoms with E-state index in [1.807, 2.05) is 12.1 Å². The summed E-state index contributed by atoms with van der Waals surface area (Å²) in [5, 5.41) is 3.29. The number of rotatable bonds is 7. The van der Waals surface area contributed by atoms with Crippen LogP contribution in [0.2, 0.25) is 0 Å². The van der Waals surface area contributed by atoms with E-state index >= 15 is 0 Å². The number of nitrogens with one attached hydrogen (secondary N) is 1. The quantitative estimate of drug-likeness (QED) is 0.362. The molecule has 1 amide bonds. The van der Waals surface area contributed by atoms with Crippen molar-refractivity contribution in [2.75, 3.05) is 0 Å². The lowest BCUT2D eigenvalue weighted by atomic mass is 9.44. The largest absolute Gasteiger partial charge is 0.348 e. The van der Waals surface area contributed by atoms with Crippen LogP contribution >= 0.6 is 11.3 Å². The highest BCUT2D eigenvalue weighted by Crippen LogP contribution is 2.67. The highest BCUT2D eigenvalue weighted by Gasteiger charge is 2.63. The first-order chi connectivity index (χ1) is 18.3. The molecule has 0 spiro atoms. The van der Waals surface area contributed by atoms with Gasteiger partial charge in [-0.2, -0.15) is 0 Å². The molecule has 1 aromatic rings. The Balaban J connectivity index is 1.27. The molecule has 5 rings (SSSR count). The minimum atomic E-state index is -0.0962. The lowest BCUT2D eigenvalue weighted by Gasteiger charge is -2.59. The molecule has 9 atom stereocenters. The summed E-state index contributed by atoms with van der Waals surface area (Å²) >= 11 is 1.48. The Bertz CT molecular complexity index is 1150. The molecule has 6 heteroatoms. The number of thiophene rings is 1. The van der Waals surface area contributed by atoms with E-state index in [9.17, 15) is 19.2 Å². The first-order valence-corrected chi connectivity index (χ1v) is 16.1. The van der Waals surface area contributed by atoms with Crippen LogP contribution in [0.3, 0.4) is 0 Å². The summed E-state index contributed by atoms with van der Waals surface area (Å²) < 4.78 is 0. The highest BCUT2D eigenvalue weighted by molar-refractivity contribution is 7.14. The zero-order valence-corrected chi connectivity index (χ0v) is 25.5. The number of hydrogen-bond acceptors (Lipinski definition) is 5. The summed E-state index contributed by atoms with van der Waals surface area (Å²) in [5.74, 6) is 2.97. The monoisotopic (exact) mass is 553 g/mol. The molecule has 5 nitrogen and oxygen atoms in total. The van der Waals surface area contributed by atoms with Crippen LogP contribution in [0.5, 0.6) is 0 Å². The van der Waals surface area contributed by atoms with E-state index in [4.69, 9.17) is 0 Å². The maximum atomic E-state index is 13.6. The van der Waals surface area contributed by atoms with E-state index in [1.165, 1.54) is 11.3 Å². The van der Waals surface area contributed by atoms with E-state index < -0.39 is 0 Å². The van der Waals surface area contributed by atoms with Gasteiger partial charge in [0.2, 0.25) is 5.91 Å². The lowest BCUT2D eigenvalue weighted by molar-refractivity contribution is -0.159. The van der Waals surface area contributed by atoms with E-state index in [0.717, 1.165) is 41.9 Å². The third-order valence-electron chi connectivity index (χ3n) is 11.8. The molecule has 0 aliphatic heterocycles. The van der Waals surface area contributed by atoms with Crippen molar-refractivity contribution < 1.29 is 19.2 Å². The summed E-state index contributed by atoms with van der Waals surface area (Å²) in [6.07, 6.45) is 7.67. The fraction of sp³-hybridized carbons (Fsp3) is 0.758. The predicted octanol–water partition coefficient (Wildman–Crippen LogP) is 7.20. The third-order valence-corrected chi connectivity index (χ3v) is 13.1. The number of fused-ring (bicyclic) bond motifs is 5. The van der Waals surface area contributed by atoms with Crippen molar-refractivity contribution in [3.8, 4) is 0 Å². The Morgan fingerprint density at radius 1 is 1.00 bits per heavy atom. The van der Waals surface area contributed by atoms with Crippen LogP contribution in [0.25, 0.3) is 0 Å². The molecule has 4 fully saturated rings. The molecule has 4 aliphatic carbocycles. The van der Waals surface area contributed by atoms with Crippen LogP contribution in [0.1, 0.15) is 120 Å². The predicted molar refractivity (Wildman–Crippen MR) is 154 cm³/mol. The van der Waals surface area contributed by atoms with E-state index in [0.29, 0.717) is 55.0 Å². The number of ketones is 3. The summed E-state index contributed by atoms with van der Waals surface area (Å²) in [4.78, 5) is 52.8. The van der Waals surface area contributed by atoms with Crippen molar-refractivity contribution in [2.24, 2.45) is 52.3 Å². The molecule has 39 heavy (non-hydrogen) atoms. The van der Waals surface area contributed by atoms with E-state index in [2.05, 4.69) is 39.9 Å². The van der Waals surface area contributed by atoms with E-state index in [-0.39, 0.29) is 52.2 Å². The highest BCUT2D eigenvalue weighted by atomic mass is 32.1. The molecule has 0 unspecified atom stereocenters. The van der Waals surface area contributed by atoms with Gasteiger partial charge in [0.25, 0.3) is 0 Å². The van der Waals surface area contributed by atoms with Crippen LogP contribution in [-0.4, -0.2) is 23.3 Å². The van der Waals surface area contributed by atoms with Gasteiger partial charge in [-0.25, -0.2) is 0 Å². The number of carbonyl (C=O) groups is 4. The van der Waals surface area contributed by atoms with E-state index in [1.54, 1.807) is 6.92 Å². The van der Waals surface area contributed by atoms with Gasteiger partial charge in [0.15, 0.2) is 5.78 Å². The fourth-order valence-corrected chi connectivity index (χ4v) is 10.8. The Hall–Kier alpha value is -1.82. The van der Waals surface area contributed by atoms with Gasteiger partial charge in [-0.15, -0.1) is 11.3 Å². The molecule has 0 saturated heterocycles. The Kier molecular flexibility index (Phi) is 7.76. The van der Waals surface area contributed by atoms with Crippen LogP contribution in [-0.2, 0) is 14.4 Å². The average molecular weight is 554 g/mol. The van der Waals surface area contributed by atoms with Crippen LogP contribution in [0, 0.1) is 52.3 Å². The molecule has 1 N–H and O–H groups in total. The van der Waals surface area contributed by atoms with Gasteiger partial charge in [0, 0.05) is 36.5 Å². The minimum Gasteiger partial charge on any atom is -0.348 e. The molecule has 214 valence electrons. The maximum absolute atomic E-state index is 13.6. The molecule has 0 radical (unpaired) electrons. The SMILES string of the molecule is CC(=O)c1ccc([C@H](NC(=O)C[C@@H](C)[C@H]2CC[C@H]3[C@@H]4C(=O)C[C@@H]5CC(=O)CC[C@]5(C)[C@H]4CC[C@]23C)C(C)C)s1. The average Bonchev–Trinajstić information content (AvgIpc) is 3.48. The van der Waals surface area contributed by atoms with Gasteiger partial charge < -0.3 is 5.32 Å². The minimum absolute atomic E-state index is 0.0606. The van der Waals surface area contributed by atoms with Gasteiger partial charge >= 0.3 is 0 Å². The summed E-state index contributed by atoms with van der Waals surface area (Å²) in [6, 6.07) is 3.75. The Morgan fingerprint density at radius 2 is 1.72 bits per heavy atom. The van der Waals surface area contributed by atoms with Crippen LogP contribution in [0.4, 0.5) is 0 Å². The molecule has 1 heterocycles. The van der Waals surface area contributed by atoms with Gasteiger partial charge in [-0.1, -0.05) is 34.6 Å². The van der Waals surface area contributed by atoms with Crippen LogP contribution in [0.15, 0.2) is 12.1 Å². The summed E-state index contributed by atoms with van der Waals surface area (Å²) in [6.45, 7) is 12.8. The zero-order chi connectivity index (χ0) is 28.3. The second-order valence-corrected chi connectivity index (χ2v) is 15.4. The lowest BCUT2D eigenvalue weighted by Crippen LogP contribution is -2.57. The standard InChI is InChI=1S/C33H47NO4S/c1-18(2)31(28-10-9-27(39-28)20(4)35)34-29(38)15-19(3)23-7-8-24-30-25(12-14-33(23,24)6)32(5)13-11-22(36)16-21(32)17-26(30)37/h9-10,18-19,21,23-25,30-31H,7-8,11-17H2,1-6H3,(H,34,38)/t19-,21+,23-,24+,25+,30+,31-,32+,33-/m1/s1. The first-order valence-electron chi connectivity index (χ1n) is 15.3. The third kappa shape index (κ3) is 4.97. The topological polar surface area (TPSA) is 80.3 Å². The van der Waals surface area contributed by atoms with Crippen molar-refractivity contribution in [3.63, 3.8) is 0 Å². The second-order valence-electron chi connectivity index (χ2n) is 14.3. The first kappa shape index (κ1) is 28.7. The van der Waals surface area contributed by atoms with Gasteiger partial charge in [-0.05, 0) is 97.5 Å². The zero-order valence-electron chi connectivity index (χ0n) is 24.7. The molecule has 0 bridgehead atoms. The summed E-state index contributed by atoms with van der Waals surface area (Å²) in [7, 11) is 0. The Labute approximate surface area is 238 Å². The van der Waals surface area contributed by atoms with Crippen molar-refractivity contribution in [1.29, 1.82) is 0 Å². The maximum Gasteiger partial charge on any atom is 0.220 e. The fourth-order valence-electron chi connectivity index (χ4n) is 9.64. The smallest absolute Gasteiger partial charge is 0.220 e. The summed E-state index contributed by atoms with van der Waals surface area (Å²) in [5.41, 5.74) is 0.207. The van der Waals surface area contributed by atoms with Crippen molar-refractivity contribution in [2.45, 2.75) is 105 Å². The molecule has 0 aromatic carbocycles. The number of Topliss-reactive ketones (excluding diaryl/α,β-unsaturated/α-hetero) is 3. The molecule has 1 aromatic heterocycles. The van der Waals surface area contributed by atoms with Crippen molar-refractivity contribution in [1.82, 2.24) is 5.32 Å². The normalized spacial score (nSPS) is 37.6. The molecular weight excluding hydrogens is 506 g/mol. The van der Waals surface area contributed by atoms with Crippen molar-refractivity contribution in [3.05, 3.63) is 21.9 Å². The number of carbonyl (C=O) groups excluding carboxylic acids is 4. The molecule has 4 aliphatic rings. The number of amides is 1. The van der Waals surface area contributed by atoms with Gasteiger partial charge in [-0.3, -0.25) is 19.2 Å².